The van der Waals surface area contributed by atoms with E-state index in [-0.39, 0.29) is 12.3 Å². The first-order valence-corrected chi connectivity index (χ1v) is 9.84. The first-order chi connectivity index (χ1) is 14.1. The normalized spacial score (nSPS) is 10.6. The zero-order valence-corrected chi connectivity index (χ0v) is 17.5. The molecule has 0 atom stereocenters. The minimum Gasteiger partial charge on any atom is -0.493 e. The van der Waals surface area contributed by atoms with Crippen LogP contribution in [0.5, 0.6) is 11.5 Å². The van der Waals surface area contributed by atoms with Gasteiger partial charge in [-0.05, 0) is 35.4 Å². The van der Waals surface area contributed by atoms with E-state index in [1.54, 1.807) is 19.2 Å². The van der Waals surface area contributed by atoms with E-state index >= 15 is 0 Å². The second-order valence-electron chi connectivity index (χ2n) is 6.36. The molecule has 0 heterocycles. The summed E-state index contributed by atoms with van der Waals surface area (Å²) >= 11 is 3.60. The molecule has 0 spiro atoms. The van der Waals surface area contributed by atoms with E-state index in [0.29, 0.717) is 18.0 Å². The lowest BCUT2D eigenvalue weighted by atomic mass is 10.1. The van der Waals surface area contributed by atoms with Gasteiger partial charge in [0.25, 0.3) is 5.69 Å². The highest BCUT2D eigenvalue weighted by atomic mass is 79.9. The molecule has 0 saturated heterocycles. The molecule has 1 N–H and O–H groups in total. The van der Waals surface area contributed by atoms with Crippen molar-refractivity contribution in [2.45, 2.75) is 19.7 Å². The van der Waals surface area contributed by atoms with Crippen LogP contribution in [-0.4, -0.2) is 12.0 Å². The molecular weight excluding hydrogens is 436 g/mol. The Bertz CT molecular complexity index is 963. The summed E-state index contributed by atoms with van der Waals surface area (Å²) in [6.07, 6.45) is 0. The maximum atomic E-state index is 10.8. The SMILES string of the molecule is COc1ccc(Br)c(CNCc2ccccc2)c1OCc1ccc([N+](=O)[O-])cc1. The average Bonchev–Trinajstić information content (AvgIpc) is 2.74. The van der Waals surface area contributed by atoms with Crippen molar-refractivity contribution < 1.29 is 14.4 Å². The number of nitrogens with zero attached hydrogens (tertiary/aromatic N) is 1. The lowest BCUT2D eigenvalue weighted by molar-refractivity contribution is -0.384. The number of methoxy groups -OCH3 is 1. The molecule has 0 amide bonds. The van der Waals surface area contributed by atoms with Crippen LogP contribution in [0.25, 0.3) is 0 Å². The smallest absolute Gasteiger partial charge is 0.269 e. The number of nitro benzene ring substituents is 1. The van der Waals surface area contributed by atoms with Gasteiger partial charge in [-0.15, -0.1) is 0 Å². The fourth-order valence-electron chi connectivity index (χ4n) is 2.86. The van der Waals surface area contributed by atoms with E-state index in [2.05, 4.69) is 33.4 Å². The second-order valence-corrected chi connectivity index (χ2v) is 7.21. The molecule has 6 nitrogen and oxygen atoms in total. The molecule has 3 aromatic carbocycles. The molecule has 0 radical (unpaired) electrons. The minimum atomic E-state index is -0.418. The number of hydrogen-bond donors (Lipinski definition) is 1. The van der Waals surface area contributed by atoms with Gasteiger partial charge in [-0.3, -0.25) is 10.1 Å². The van der Waals surface area contributed by atoms with E-state index < -0.39 is 4.92 Å². The summed E-state index contributed by atoms with van der Waals surface area (Å²) in [7, 11) is 1.60. The lowest BCUT2D eigenvalue weighted by Crippen LogP contribution is -2.14. The summed E-state index contributed by atoms with van der Waals surface area (Å²) in [5, 5.41) is 14.2. The Morgan fingerprint density at radius 1 is 0.966 bits per heavy atom. The van der Waals surface area contributed by atoms with Gasteiger partial charge < -0.3 is 14.8 Å². The van der Waals surface area contributed by atoms with Crippen LogP contribution in [0.3, 0.4) is 0 Å². The third-order valence-electron chi connectivity index (χ3n) is 4.39. The van der Waals surface area contributed by atoms with Crippen molar-refractivity contribution in [1.29, 1.82) is 0 Å². The fraction of sp³-hybridized carbons (Fsp3) is 0.182. The third kappa shape index (κ3) is 5.56. The predicted molar refractivity (Wildman–Crippen MR) is 115 cm³/mol. The molecule has 0 saturated carbocycles. The number of nitro groups is 1. The van der Waals surface area contributed by atoms with E-state index in [9.17, 15) is 10.1 Å². The van der Waals surface area contributed by atoms with Gasteiger partial charge in [0.1, 0.15) is 6.61 Å². The topological polar surface area (TPSA) is 73.6 Å². The number of rotatable bonds is 9. The zero-order valence-electron chi connectivity index (χ0n) is 15.9. The van der Waals surface area contributed by atoms with Gasteiger partial charge in [0.05, 0.1) is 12.0 Å². The molecule has 0 aliphatic heterocycles. The summed E-state index contributed by atoms with van der Waals surface area (Å²) in [6, 6.07) is 20.2. The van der Waals surface area contributed by atoms with Gasteiger partial charge in [0, 0.05) is 35.3 Å². The van der Waals surface area contributed by atoms with Gasteiger partial charge in [0.15, 0.2) is 11.5 Å². The number of non-ortho nitro benzene ring substituents is 1. The Balaban J connectivity index is 1.73. The highest BCUT2D eigenvalue weighted by Gasteiger charge is 2.15. The van der Waals surface area contributed by atoms with Gasteiger partial charge in [-0.25, -0.2) is 0 Å². The highest BCUT2D eigenvalue weighted by Crippen LogP contribution is 2.37. The van der Waals surface area contributed by atoms with Gasteiger partial charge in [-0.1, -0.05) is 46.3 Å². The highest BCUT2D eigenvalue weighted by molar-refractivity contribution is 9.10. The molecule has 3 aromatic rings. The molecular formula is C22H21BrN2O4. The quantitative estimate of drug-likeness (QED) is 0.352. The van der Waals surface area contributed by atoms with Crippen molar-refractivity contribution in [1.82, 2.24) is 5.32 Å². The van der Waals surface area contributed by atoms with Crippen LogP contribution in [-0.2, 0) is 19.7 Å². The van der Waals surface area contributed by atoms with Gasteiger partial charge in [-0.2, -0.15) is 0 Å². The van der Waals surface area contributed by atoms with Crippen LogP contribution in [0.4, 0.5) is 5.69 Å². The van der Waals surface area contributed by atoms with Crippen LogP contribution in [0.1, 0.15) is 16.7 Å². The maximum absolute atomic E-state index is 10.8. The Hall–Kier alpha value is -2.90. The summed E-state index contributed by atoms with van der Waals surface area (Å²) in [4.78, 5) is 10.4. The Labute approximate surface area is 177 Å². The number of halogens is 1. The summed E-state index contributed by atoms with van der Waals surface area (Å²) in [5.74, 6) is 1.27. The number of hydrogen-bond acceptors (Lipinski definition) is 5. The van der Waals surface area contributed by atoms with Crippen molar-refractivity contribution in [3.8, 4) is 11.5 Å². The Kier molecular flexibility index (Phi) is 7.21. The van der Waals surface area contributed by atoms with Crippen LogP contribution in [0.2, 0.25) is 0 Å². The van der Waals surface area contributed by atoms with E-state index in [1.165, 1.54) is 17.7 Å². The van der Waals surface area contributed by atoms with E-state index in [4.69, 9.17) is 9.47 Å². The molecule has 0 unspecified atom stereocenters. The summed E-state index contributed by atoms with van der Waals surface area (Å²) < 4.78 is 12.5. The molecule has 29 heavy (non-hydrogen) atoms. The second kappa shape index (κ2) is 10.0. The Morgan fingerprint density at radius 3 is 2.34 bits per heavy atom. The summed E-state index contributed by atoms with van der Waals surface area (Å²) in [5.41, 5.74) is 3.03. The molecule has 0 bridgehead atoms. The standard InChI is InChI=1S/C22H21BrN2O4/c1-28-21-12-11-20(23)19(14-24-13-16-5-3-2-4-6-16)22(21)29-15-17-7-9-18(10-8-17)25(26)27/h2-12,24H,13-15H2,1H3. The van der Waals surface area contributed by atoms with Crippen molar-refractivity contribution in [3.63, 3.8) is 0 Å². The zero-order chi connectivity index (χ0) is 20.6. The first-order valence-electron chi connectivity index (χ1n) is 9.04. The predicted octanol–water partition coefficient (Wildman–Crippen LogP) is 5.23. The summed E-state index contributed by atoms with van der Waals surface area (Å²) in [6.45, 7) is 1.59. The van der Waals surface area contributed by atoms with Gasteiger partial charge in [0.2, 0.25) is 0 Å². The molecule has 0 fully saturated rings. The first kappa shape index (κ1) is 20.8. The maximum Gasteiger partial charge on any atom is 0.269 e. The fourth-order valence-corrected chi connectivity index (χ4v) is 3.32. The van der Waals surface area contributed by atoms with Crippen LogP contribution < -0.4 is 14.8 Å². The van der Waals surface area contributed by atoms with Crippen LogP contribution in [0, 0.1) is 10.1 Å². The van der Waals surface area contributed by atoms with E-state index in [0.717, 1.165) is 22.1 Å². The van der Waals surface area contributed by atoms with Crippen molar-refractivity contribution in [2.75, 3.05) is 7.11 Å². The molecule has 7 heteroatoms. The number of ether oxygens (including phenoxy) is 2. The number of benzene rings is 3. The molecule has 150 valence electrons. The third-order valence-corrected chi connectivity index (χ3v) is 5.13. The van der Waals surface area contributed by atoms with Crippen LogP contribution >= 0.6 is 15.9 Å². The molecule has 0 aliphatic rings. The molecule has 0 aliphatic carbocycles. The Morgan fingerprint density at radius 2 is 1.69 bits per heavy atom. The monoisotopic (exact) mass is 456 g/mol. The van der Waals surface area contributed by atoms with Crippen LogP contribution in [0.15, 0.2) is 71.2 Å². The van der Waals surface area contributed by atoms with E-state index in [1.807, 2.05) is 30.3 Å². The molecule has 3 rings (SSSR count). The number of nitrogens with one attached hydrogen (secondary N) is 1. The van der Waals surface area contributed by atoms with Crippen molar-refractivity contribution in [3.05, 3.63) is 98.0 Å². The lowest BCUT2D eigenvalue weighted by Gasteiger charge is -2.17. The average molecular weight is 457 g/mol. The largest absolute Gasteiger partial charge is 0.493 e. The van der Waals surface area contributed by atoms with Gasteiger partial charge >= 0.3 is 0 Å². The molecule has 0 aromatic heterocycles. The van der Waals surface area contributed by atoms with Crippen molar-refractivity contribution >= 4 is 21.6 Å². The van der Waals surface area contributed by atoms with Crippen molar-refractivity contribution in [2.24, 2.45) is 0 Å². The minimum absolute atomic E-state index is 0.0552.